The van der Waals surface area contributed by atoms with Crippen molar-refractivity contribution < 1.29 is 0 Å². The summed E-state index contributed by atoms with van der Waals surface area (Å²) in [6.45, 7) is 6.18. The maximum Gasteiger partial charge on any atom is 0.327 e. The fourth-order valence-corrected chi connectivity index (χ4v) is 3.66. The van der Waals surface area contributed by atoms with Crippen LogP contribution in [0.3, 0.4) is 0 Å². The van der Waals surface area contributed by atoms with Crippen LogP contribution in [0.4, 0.5) is 5.82 Å². The van der Waals surface area contributed by atoms with Gasteiger partial charge >= 0.3 is 5.69 Å². The first-order chi connectivity index (χ1) is 13.5. The highest BCUT2D eigenvalue weighted by Crippen LogP contribution is 2.18. The number of H-pyrrole nitrogens is 1. The molecule has 1 aromatic heterocycles. The Morgan fingerprint density at radius 1 is 1.50 bits per heavy atom. The number of nitrogens with two attached hydrogens (primary N) is 1. The normalized spacial score (nSPS) is 17.4. The maximum atomic E-state index is 12.3. The molecule has 1 unspecified atom stereocenters. The van der Waals surface area contributed by atoms with Crippen LogP contribution in [0.25, 0.3) is 0 Å². The zero-order chi connectivity index (χ0) is 20.1. The smallest absolute Gasteiger partial charge is 0.327 e. The van der Waals surface area contributed by atoms with E-state index in [0.717, 1.165) is 18.5 Å². The highest BCUT2D eigenvalue weighted by molar-refractivity contribution is 6.31. The summed E-state index contributed by atoms with van der Waals surface area (Å²) < 4.78 is 1.44. The lowest BCUT2D eigenvalue weighted by Crippen LogP contribution is -2.28. The Labute approximate surface area is 169 Å². The van der Waals surface area contributed by atoms with Crippen molar-refractivity contribution in [1.29, 1.82) is 0 Å². The van der Waals surface area contributed by atoms with Gasteiger partial charge in [0.25, 0.3) is 0 Å². The van der Waals surface area contributed by atoms with Gasteiger partial charge in [-0.25, -0.2) is 9.79 Å². The summed E-state index contributed by atoms with van der Waals surface area (Å²) in [5.74, 6) is 0.855. The van der Waals surface area contributed by atoms with Gasteiger partial charge in [-0.15, -0.1) is 0 Å². The van der Waals surface area contributed by atoms with Gasteiger partial charge in [0.1, 0.15) is 17.3 Å². The molecule has 8 heteroatoms. The van der Waals surface area contributed by atoms with Gasteiger partial charge in [-0.1, -0.05) is 36.4 Å². The summed E-state index contributed by atoms with van der Waals surface area (Å²) in [5, 5.41) is 3.81. The third-order valence-electron chi connectivity index (χ3n) is 5.17. The number of anilines is 1. The molecule has 0 amide bonds. The minimum absolute atomic E-state index is 0.294. The zero-order valence-corrected chi connectivity index (χ0v) is 16.9. The highest BCUT2D eigenvalue weighted by Gasteiger charge is 2.19. The maximum absolute atomic E-state index is 12.3. The van der Waals surface area contributed by atoms with Crippen molar-refractivity contribution in [1.82, 2.24) is 19.8 Å². The average Bonchev–Trinajstić information content (AvgIpc) is 3.19. The molecule has 28 heavy (non-hydrogen) atoms. The Hall–Kier alpha value is -2.51. The predicted octanol–water partition coefficient (Wildman–Crippen LogP) is 2.42. The number of rotatable bonds is 8. The van der Waals surface area contributed by atoms with Crippen LogP contribution in [0, 0.1) is 0 Å². The topological polar surface area (TPSA) is 91.4 Å². The first-order valence-electron chi connectivity index (χ1n) is 9.44. The van der Waals surface area contributed by atoms with E-state index in [1.54, 1.807) is 6.07 Å². The van der Waals surface area contributed by atoms with Crippen LogP contribution >= 0.6 is 11.6 Å². The van der Waals surface area contributed by atoms with Crippen molar-refractivity contribution in [2.24, 2.45) is 4.99 Å². The summed E-state index contributed by atoms with van der Waals surface area (Å²) in [6.07, 6.45) is 5.08. The summed E-state index contributed by atoms with van der Waals surface area (Å²) >= 11 is 6.18. The number of benzene rings is 1. The van der Waals surface area contributed by atoms with Crippen LogP contribution in [0.1, 0.15) is 30.5 Å². The van der Waals surface area contributed by atoms with Gasteiger partial charge in [0.2, 0.25) is 0 Å². The zero-order valence-electron chi connectivity index (χ0n) is 16.1. The minimum atomic E-state index is -0.304. The number of aromatic nitrogens is 2. The largest absolute Gasteiger partial charge is 0.383 e. The number of aliphatic imine (C=N–C) groups is 1. The lowest BCUT2D eigenvalue weighted by Gasteiger charge is -2.19. The van der Waals surface area contributed by atoms with Crippen LogP contribution in [0.2, 0.25) is 5.02 Å². The lowest BCUT2D eigenvalue weighted by molar-refractivity contribution is 0.295. The molecule has 0 bridgehead atoms. The molecule has 3 rings (SSSR count). The molecular weight excluding hydrogens is 376 g/mol. The number of aromatic amines is 1. The predicted molar refractivity (Wildman–Crippen MR) is 115 cm³/mol. The second-order valence-electron chi connectivity index (χ2n) is 7.10. The van der Waals surface area contributed by atoms with Crippen molar-refractivity contribution >= 4 is 23.6 Å². The molecule has 4 N–H and O–H groups in total. The van der Waals surface area contributed by atoms with E-state index in [0.29, 0.717) is 34.9 Å². The third kappa shape index (κ3) is 4.85. The molecule has 1 aliphatic rings. The molecule has 150 valence electrons. The minimum Gasteiger partial charge on any atom is -0.383 e. The molecular formula is C20H27ClN6O. The molecule has 2 heterocycles. The second-order valence-corrected chi connectivity index (χ2v) is 7.51. The number of hydrogen-bond donors (Lipinski definition) is 3. The van der Waals surface area contributed by atoms with Crippen molar-refractivity contribution in [2.45, 2.75) is 31.8 Å². The van der Waals surface area contributed by atoms with Gasteiger partial charge in [0.05, 0.1) is 12.8 Å². The Bertz CT molecular complexity index is 916. The van der Waals surface area contributed by atoms with Gasteiger partial charge in [0.15, 0.2) is 0 Å². The van der Waals surface area contributed by atoms with E-state index < -0.39 is 0 Å². The molecule has 1 aromatic carbocycles. The molecule has 2 aromatic rings. The van der Waals surface area contributed by atoms with E-state index in [-0.39, 0.29) is 5.69 Å². The van der Waals surface area contributed by atoms with E-state index in [1.807, 2.05) is 18.2 Å². The van der Waals surface area contributed by atoms with Crippen LogP contribution in [-0.2, 0) is 6.54 Å². The lowest BCUT2D eigenvalue weighted by atomic mass is 10.1. The summed E-state index contributed by atoms with van der Waals surface area (Å²) in [7, 11) is 2.16. The van der Waals surface area contributed by atoms with Crippen LogP contribution < -0.4 is 16.7 Å². The summed E-state index contributed by atoms with van der Waals surface area (Å²) in [5.41, 5.74) is 7.10. The quantitative estimate of drug-likeness (QED) is 0.591. The van der Waals surface area contributed by atoms with Gasteiger partial charge < -0.3 is 20.9 Å². The number of nitrogen functional groups attached to an aromatic ring is 1. The van der Waals surface area contributed by atoms with Crippen LogP contribution in [-0.4, -0.2) is 46.8 Å². The van der Waals surface area contributed by atoms with E-state index in [2.05, 4.69) is 33.8 Å². The van der Waals surface area contributed by atoms with Gasteiger partial charge in [-0.05, 0) is 44.5 Å². The number of hydrogen-bond acceptors (Lipinski definition) is 5. The Kier molecular flexibility index (Phi) is 6.59. The summed E-state index contributed by atoms with van der Waals surface area (Å²) in [6, 6.07) is 7.98. The molecule has 1 fully saturated rings. The van der Waals surface area contributed by atoms with Crippen molar-refractivity contribution in [3.05, 3.63) is 63.4 Å². The van der Waals surface area contributed by atoms with E-state index in [9.17, 15) is 4.79 Å². The second kappa shape index (κ2) is 9.12. The fraction of sp³-hybridized carbons (Fsp3) is 0.400. The Balaban J connectivity index is 1.59. The van der Waals surface area contributed by atoms with E-state index >= 15 is 0 Å². The van der Waals surface area contributed by atoms with Crippen LogP contribution in [0.5, 0.6) is 0 Å². The average molecular weight is 403 g/mol. The van der Waals surface area contributed by atoms with E-state index in [4.69, 9.17) is 17.3 Å². The van der Waals surface area contributed by atoms with Crippen molar-refractivity contribution in [3.63, 3.8) is 0 Å². The van der Waals surface area contributed by atoms with Gasteiger partial charge in [-0.3, -0.25) is 4.57 Å². The number of likely N-dealkylation sites (tertiary alicyclic amines) is 1. The number of nitrogens with zero attached hydrogens (tertiary/aromatic N) is 3. The fourth-order valence-electron chi connectivity index (χ4n) is 3.47. The first-order valence-corrected chi connectivity index (χ1v) is 9.82. The molecule has 1 aliphatic heterocycles. The van der Waals surface area contributed by atoms with Crippen LogP contribution in [0.15, 0.2) is 46.5 Å². The number of imidazole rings is 1. The molecule has 1 saturated heterocycles. The number of nitrogens with one attached hydrogen (secondary N) is 2. The van der Waals surface area contributed by atoms with Gasteiger partial charge in [0, 0.05) is 17.6 Å². The highest BCUT2D eigenvalue weighted by atomic mass is 35.5. The number of halogens is 1. The van der Waals surface area contributed by atoms with Crippen molar-refractivity contribution in [3.8, 4) is 0 Å². The SMILES string of the molecule is C=C(N=Cc1[nH]c(=O)n(Cc2ccccc2Cl)c1N)NCCC1CCCN1C. The molecule has 1 atom stereocenters. The summed E-state index contributed by atoms with van der Waals surface area (Å²) in [4.78, 5) is 21.7. The third-order valence-corrected chi connectivity index (χ3v) is 5.54. The molecule has 0 radical (unpaired) electrons. The molecule has 0 aliphatic carbocycles. The first kappa shape index (κ1) is 20.2. The van der Waals surface area contributed by atoms with Crippen molar-refractivity contribution in [2.75, 3.05) is 25.9 Å². The van der Waals surface area contributed by atoms with E-state index in [1.165, 1.54) is 30.2 Å². The molecule has 7 nitrogen and oxygen atoms in total. The van der Waals surface area contributed by atoms with Gasteiger partial charge in [-0.2, -0.15) is 0 Å². The molecule has 0 spiro atoms. The molecule has 0 saturated carbocycles. The Morgan fingerprint density at radius 2 is 2.29 bits per heavy atom. The standard InChI is InChI=1S/C20H27ClN6O/c1-14(23-10-9-16-7-5-11-26(16)2)24-12-18-19(22)27(20(28)25-18)13-15-6-3-4-8-17(15)21/h3-4,6,8,12,16,23H,1,5,7,9-11,13,22H2,2H3,(H,25,28). The Morgan fingerprint density at radius 3 is 3.00 bits per heavy atom. The monoisotopic (exact) mass is 402 g/mol.